The zero-order valence-electron chi connectivity index (χ0n) is 11.8. The first-order valence-corrected chi connectivity index (χ1v) is 8.00. The molecule has 0 saturated carbocycles. The van der Waals surface area contributed by atoms with Gasteiger partial charge in [-0.3, -0.25) is 9.59 Å². The van der Waals surface area contributed by atoms with E-state index in [1.807, 2.05) is 0 Å². The molecule has 0 aromatic heterocycles. The molecule has 0 bridgehead atoms. The van der Waals surface area contributed by atoms with Crippen LogP contribution < -0.4 is 15.4 Å². The predicted molar refractivity (Wildman–Crippen MR) is 78.4 cm³/mol. The molecule has 0 spiro atoms. The third kappa shape index (κ3) is 2.91. The monoisotopic (exact) mass is 311 g/mol. The van der Waals surface area contributed by atoms with Gasteiger partial charge < -0.3 is 10.2 Å². The van der Waals surface area contributed by atoms with Crippen LogP contribution in [-0.4, -0.2) is 39.1 Å². The van der Waals surface area contributed by atoms with E-state index >= 15 is 0 Å². The first kappa shape index (κ1) is 15.5. The number of sulfonamides is 1. The van der Waals surface area contributed by atoms with Gasteiger partial charge in [-0.15, -0.1) is 0 Å². The fourth-order valence-corrected chi connectivity index (χ4v) is 3.18. The highest BCUT2D eigenvalue weighted by molar-refractivity contribution is 7.89. The van der Waals surface area contributed by atoms with E-state index in [0.717, 1.165) is 5.56 Å². The summed E-state index contributed by atoms with van der Waals surface area (Å²) < 4.78 is 22.9. The molecule has 3 N–H and O–H groups in total. The third-order valence-electron chi connectivity index (χ3n) is 3.53. The first-order chi connectivity index (χ1) is 9.75. The molecule has 114 valence electrons. The Bertz CT molecular complexity index is 699. The molecule has 0 aliphatic carbocycles. The molecule has 8 heteroatoms. The lowest BCUT2D eigenvalue weighted by Crippen LogP contribution is -2.33. The number of nitrogens with two attached hydrogens (primary N) is 1. The Hall–Kier alpha value is -1.93. The zero-order chi connectivity index (χ0) is 15.8. The van der Waals surface area contributed by atoms with Gasteiger partial charge in [0.05, 0.1) is 11.3 Å². The minimum Gasteiger partial charge on any atom is -0.355 e. The van der Waals surface area contributed by atoms with E-state index in [4.69, 9.17) is 5.14 Å². The van der Waals surface area contributed by atoms with Crippen LogP contribution in [0.25, 0.3) is 0 Å². The summed E-state index contributed by atoms with van der Waals surface area (Å²) >= 11 is 0. The fraction of sp³-hybridized carbons (Fsp3) is 0.385. The number of nitrogens with one attached hydrogen (secondary N) is 1. The van der Waals surface area contributed by atoms with Crippen LogP contribution in [0.2, 0.25) is 0 Å². The minimum absolute atomic E-state index is 0.0352. The Labute approximate surface area is 123 Å². The summed E-state index contributed by atoms with van der Waals surface area (Å²) in [6.45, 7) is 1.73. The lowest BCUT2D eigenvalue weighted by atomic mass is 10.1. The topological polar surface area (TPSA) is 110 Å². The standard InChI is InChI=1S/C13H17N3O4S/c1-8-4-3-5-10(13(18)15-2)12(8)16-7-9(6-11(16)17)21(14,19)20/h3-5,9H,6-7H2,1-2H3,(H,15,18)(H2,14,19,20). The van der Waals surface area contributed by atoms with Crippen molar-refractivity contribution in [2.24, 2.45) is 5.14 Å². The molecule has 1 atom stereocenters. The molecule has 1 aromatic rings. The Kier molecular flexibility index (Phi) is 4.02. The minimum atomic E-state index is -3.79. The highest BCUT2D eigenvalue weighted by Crippen LogP contribution is 2.30. The SMILES string of the molecule is CNC(=O)c1cccc(C)c1N1CC(S(N)(=O)=O)CC1=O. The molecular formula is C13H17N3O4S. The number of aryl methyl sites for hydroxylation is 1. The van der Waals surface area contributed by atoms with Gasteiger partial charge in [0.25, 0.3) is 5.91 Å². The number of nitrogens with zero attached hydrogens (tertiary/aromatic N) is 1. The van der Waals surface area contributed by atoms with E-state index in [2.05, 4.69) is 5.32 Å². The predicted octanol–water partition coefficient (Wildman–Crippen LogP) is -0.252. The quantitative estimate of drug-likeness (QED) is 0.802. The summed E-state index contributed by atoms with van der Waals surface area (Å²) in [7, 11) is -2.30. The van der Waals surface area contributed by atoms with Crippen molar-refractivity contribution in [2.75, 3.05) is 18.5 Å². The van der Waals surface area contributed by atoms with Crippen molar-refractivity contribution in [1.82, 2.24) is 5.32 Å². The van der Waals surface area contributed by atoms with E-state index in [9.17, 15) is 18.0 Å². The molecule has 1 heterocycles. The van der Waals surface area contributed by atoms with Crippen LogP contribution in [0, 0.1) is 6.92 Å². The number of anilines is 1. The average Bonchev–Trinajstić information content (AvgIpc) is 2.79. The largest absolute Gasteiger partial charge is 0.355 e. The van der Waals surface area contributed by atoms with E-state index in [-0.39, 0.29) is 24.8 Å². The van der Waals surface area contributed by atoms with E-state index < -0.39 is 15.3 Å². The van der Waals surface area contributed by atoms with Gasteiger partial charge in [-0.2, -0.15) is 0 Å². The molecule has 0 radical (unpaired) electrons. The Morgan fingerprint density at radius 2 is 2.10 bits per heavy atom. The molecule has 1 unspecified atom stereocenters. The number of rotatable bonds is 3. The average molecular weight is 311 g/mol. The molecular weight excluding hydrogens is 294 g/mol. The normalized spacial score (nSPS) is 18.9. The maximum absolute atomic E-state index is 12.1. The van der Waals surface area contributed by atoms with E-state index in [1.165, 1.54) is 11.9 Å². The molecule has 21 heavy (non-hydrogen) atoms. The van der Waals surface area contributed by atoms with Crippen molar-refractivity contribution in [1.29, 1.82) is 0 Å². The maximum Gasteiger partial charge on any atom is 0.253 e. The molecule has 1 aliphatic rings. The second-order valence-electron chi connectivity index (χ2n) is 4.97. The van der Waals surface area contributed by atoms with Crippen LogP contribution >= 0.6 is 0 Å². The second kappa shape index (κ2) is 5.45. The Morgan fingerprint density at radius 1 is 1.43 bits per heavy atom. The van der Waals surface area contributed by atoms with Crippen molar-refractivity contribution in [2.45, 2.75) is 18.6 Å². The number of carbonyl (C=O) groups is 2. The molecule has 1 aromatic carbocycles. The van der Waals surface area contributed by atoms with Gasteiger partial charge in [-0.05, 0) is 18.6 Å². The molecule has 2 amide bonds. The highest BCUT2D eigenvalue weighted by atomic mass is 32.2. The lowest BCUT2D eigenvalue weighted by molar-refractivity contribution is -0.117. The van der Waals surface area contributed by atoms with Crippen molar-refractivity contribution in [3.05, 3.63) is 29.3 Å². The summed E-state index contributed by atoms with van der Waals surface area (Å²) in [5, 5.41) is 6.69. The summed E-state index contributed by atoms with van der Waals surface area (Å²) in [5.41, 5.74) is 1.49. The lowest BCUT2D eigenvalue weighted by Gasteiger charge is -2.22. The third-order valence-corrected chi connectivity index (χ3v) is 4.78. The second-order valence-corrected chi connectivity index (χ2v) is 6.81. The number of carbonyl (C=O) groups excluding carboxylic acids is 2. The molecule has 1 fully saturated rings. The van der Waals surface area contributed by atoms with Gasteiger partial charge in [-0.1, -0.05) is 12.1 Å². The van der Waals surface area contributed by atoms with Crippen molar-refractivity contribution >= 4 is 27.5 Å². The van der Waals surface area contributed by atoms with Gasteiger partial charge in [-0.25, -0.2) is 13.6 Å². The van der Waals surface area contributed by atoms with Crippen LogP contribution in [-0.2, 0) is 14.8 Å². The van der Waals surface area contributed by atoms with Gasteiger partial charge in [0.2, 0.25) is 15.9 Å². The Balaban J connectivity index is 2.48. The van der Waals surface area contributed by atoms with Crippen LogP contribution in [0.1, 0.15) is 22.3 Å². The van der Waals surface area contributed by atoms with Gasteiger partial charge in [0.15, 0.2) is 0 Å². The highest BCUT2D eigenvalue weighted by Gasteiger charge is 2.38. The maximum atomic E-state index is 12.1. The molecule has 2 rings (SSSR count). The van der Waals surface area contributed by atoms with Crippen LogP contribution in [0.5, 0.6) is 0 Å². The molecule has 7 nitrogen and oxygen atoms in total. The molecule has 1 saturated heterocycles. The summed E-state index contributed by atoms with van der Waals surface area (Å²) in [6.07, 6.45) is -0.166. The van der Waals surface area contributed by atoms with Crippen LogP contribution in [0.3, 0.4) is 0 Å². The van der Waals surface area contributed by atoms with E-state index in [0.29, 0.717) is 11.3 Å². The van der Waals surface area contributed by atoms with Crippen molar-refractivity contribution in [3.63, 3.8) is 0 Å². The van der Waals surface area contributed by atoms with Gasteiger partial charge in [0.1, 0.15) is 5.25 Å². The number of amides is 2. The summed E-state index contributed by atoms with van der Waals surface area (Å²) in [5.74, 6) is -0.686. The van der Waals surface area contributed by atoms with Crippen LogP contribution in [0.15, 0.2) is 18.2 Å². The van der Waals surface area contributed by atoms with Gasteiger partial charge in [0, 0.05) is 20.0 Å². The first-order valence-electron chi connectivity index (χ1n) is 6.39. The Morgan fingerprint density at radius 3 is 2.62 bits per heavy atom. The van der Waals surface area contributed by atoms with Crippen LogP contribution in [0.4, 0.5) is 5.69 Å². The van der Waals surface area contributed by atoms with Crippen molar-refractivity contribution < 1.29 is 18.0 Å². The summed E-state index contributed by atoms with van der Waals surface area (Å²) in [6, 6.07) is 5.07. The number of hydrogen-bond donors (Lipinski definition) is 2. The molecule has 1 aliphatic heterocycles. The van der Waals surface area contributed by atoms with Gasteiger partial charge >= 0.3 is 0 Å². The number of primary sulfonamides is 1. The number of para-hydroxylation sites is 1. The number of benzene rings is 1. The smallest absolute Gasteiger partial charge is 0.253 e. The summed E-state index contributed by atoms with van der Waals surface area (Å²) in [4.78, 5) is 25.4. The zero-order valence-corrected chi connectivity index (χ0v) is 12.6. The number of hydrogen-bond acceptors (Lipinski definition) is 4. The van der Waals surface area contributed by atoms with Crippen molar-refractivity contribution in [3.8, 4) is 0 Å². The fourth-order valence-electron chi connectivity index (χ4n) is 2.45. The van der Waals surface area contributed by atoms with E-state index in [1.54, 1.807) is 25.1 Å².